The molecule has 0 aliphatic rings. The number of carboxylic acids is 1. The Balaban J connectivity index is 1.89. The first kappa shape index (κ1) is 18.4. The molecule has 0 spiro atoms. The zero-order valence-electron chi connectivity index (χ0n) is 13.5. The molecule has 2 N–H and O–H groups in total. The van der Waals surface area contributed by atoms with Crippen LogP contribution in [0.4, 0.5) is 5.69 Å². The van der Waals surface area contributed by atoms with Crippen LogP contribution in [0.5, 0.6) is 0 Å². The predicted molar refractivity (Wildman–Crippen MR) is 95.5 cm³/mol. The summed E-state index contributed by atoms with van der Waals surface area (Å²) in [6, 6.07) is 11.2. The number of sulfonamides is 1. The average molecular weight is 368 g/mol. The van der Waals surface area contributed by atoms with Crippen molar-refractivity contribution in [3.05, 3.63) is 46.8 Å². The molecule has 0 fully saturated rings. The third-order valence-electron chi connectivity index (χ3n) is 3.51. The van der Waals surface area contributed by atoms with Crippen molar-refractivity contribution in [3.63, 3.8) is 0 Å². The number of hydrogen-bond donors (Lipinski definition) is 2. The SMILES string of the molecule is Cc1cc(S(=O)(=O)NCCCN(C)c2ccccc2)sc1C(=O)O. The van der Waals surface area contributed by atoms with Crippen LogP contribution in [0, 0.1) is 6.92 Å². The second-order valence-corrected chi connectivity index (χ2v) is 8.44. The summed E-state index contributed by atoms with van der Waals surface area (Å²) >= 11 is 0.775. The van der Waals surface area contributed by atoms with Crippen molar-refractivity contribution in [2.24, 2.45) is 0 Å². The van der Waals surface area contributed by atoms with E-state index in [0.717, 1.165) is 17.0 Å². The van der Waals surface area contributed by atoms with Crippen LogP contribution in [-0.2, 0) is 10.0 Å². The van der Waals surface area contributed by atoms with Gasteiger partial charge in [0.1, 0.15) is 9.09 Å². The van der Waals surface area contributed by atoms with E-state index in [4.69, 9.17) is 5.11 Å². The lowest BCUT2D eigenvalue weighted by Crippen LogP contribution is -2.27. The van der Waals surface area contributed by atoms with Crippen molar-refractivity contribution in [1.29, 1.82) is 0 Å². The lowest BCUT2D eigenvalue weighted by atomic mass is 10.3. The van der Waals surface area contributed by atoms with Crippen molar-refractivity contribution in [1.82, 2.24) is 4.72 Å². The number of nitrogens with zero attached hydrogens (tertiary/aromatic N) is 1. The highest BCUT2D eigenvalue weighted by Gasteiger charge is 2.21. The maximum atomic E-state index is 12.2. The number of carbonyl (C=O) groups is 1. The lowest BCUT2D eigenvalue weighted by Gasteiger charge is -2.19. The molecule has 0 unspecified atom stereocenters. The van der Waals surface area contributed by atoms with Crippen molar-refractivity contribution >= 4 is 33.0 Å². The largest absolute Gasteiger partial charge is 0.477 e. The van der Waals surface area contributed by atoms with E-state index >= 15 is 0 Å². The Labute approximate surface area is 145 Å². The van der Waals surface area contributed by atoms with Gasteiger partial charge in [-0.15, -0.1) is 11.3 Å². The zero-order chi connectivity index (χ0) is 17.7. The number of anilines is 1. The van der Waals surface area contributed by atoms with Crippen LogP contribution in [0.3, 0.4) is 0 Å². The van der Waals surface area contributed by atoms with E-state index in [1.165, 1.54) is 6.07 Å². The van der Waals surface area contributed by atoms with Gasteiger partial charge < -0.3 is 10.0 Å². The molecule has 0 saturated carbocycles. The van der Waals surface area contributed by atoms with E-state index in [1.54, 1.807) is 6.92 Å². The Hall–Kier alpha value is -1.90. The molecule has 0 atom stereocenters. The first-order valence-corrected chi connectivity index (χ1v) is 9.71. The van der Waals surface area contributed by atoms with Gasteiger partial charge in [0.2, 0.25) is 10.0 Å². The molecule has 1 heterocycles. The van der Waals surface area contributed by atoms with Crippen LogP contribution in [0.15, 0.2) is 40.6 Å². The highest BCUT2D eigenvalue weighted by Crippen LogP contribution is 2.25. The van der Waals surface area contributed by atoms with E-state index in [9.17, 15) is 13.2 Å². The standard InChI is InChI=1S/C16H20N2O4S2/c1-12-11-14(23-15(12)16(19)20)24(21,22)17-9-6-10-18(2)13-7-4-3-5-8-13/h3-5,7-8,11,17H,6,9-10H2,1-2H3,(H,19,20). The quantitative estimate of drug-likeness (QED) is 0.699. The molecule has 1 aromatic carbocycles. The molecule has 0 aliphatic heterocycles. The van der Waals surface area contributed by atoms with Gasteiger partial charge in [0, 0.05) is 25.8 Å². The minimum atomic E-state index is -3.67. The summed E-state index contributed by atoms with van der Waals surface area (Å²) in [7, 11) is -1.72. The molecule has 6 nitrogen and oxygen atoms in total. The Kier molecular flexibility index (Phi) is 5.98. The number of aryl methyl sites for hydroxylation is 1. The lowest BCUT2D eigenvalue weighted by molar-refractivity contribution is 0.0701. The van der Waals surface area contributed by atoms with Gasteiger partial charge in [0.05, 0.1) is 0 Å². The molecule has 0 aliphatic carbocycles. The van der Waals surface area contributed by atoms with Gasteiger partial charge >= 0.3 is 5.97 Å². The third-order valence-corrected chi connectivity index (χ3v) is 6.67. The van der Waals surface area contributed by atoms with Crippen molar-refractivity contribution in [2.75, 3.05) is 25.0 Å². The normalized spacial score (nSPS) is 11.4. The Morgan fingerprint density at radius 2 is 1.96 bits per heavy atom. The fourth-order valence-electron chi connectivity index (χ4n) is 2.20. The maximum Gasteiger partial charge on any atom is 0.346 e. The Morgan fingerprint density at radius 1 is 1.29 bits per heavy atom. The number of hydrogen-bond acceptors (Lipinski definition) is 5. The fraction of sp³-hybridized carbons (Fsp3) is 0.312. The third kappa shape index (κ3) is 4.56. The second-order valence-electron chi connectivity index (χ2n) is 5.39. The number of aromatic carboxylic acids is 1. The highest BCUT2D eigenvalue weighted by atomic mass is 32.2. The second kappa shape index (κ2) is 7.78. The molecule has 8 heteroatoms. The molecule has 0 radical (unpaired) electrons. The number of carboxylic acid groups (broad SMARTS) is 1. The van der Waals surface area contributed by atoms with Gasteiger partial charge in [-0.25, -0.2) is 17.9 Å². The van der Waals surface area contributed by atoms with Gasteiger partial charge in [0.15, 0.2) is 0 Å². The summed E-state index contributed by atoms with van der Waals surface area (Å²) in [4.78, 5) is 13.1. The van der Waals surface area contributed by atoms with Crippen LogP contribution in [-0.4, -0.2) is 39.6 Å². The molecular weight excluding hydrogens is 348 g/mol. The summed E-state index contributed by atoms with van der Waals surface area (Å²) in [5.41, 5.74) is 1.53. The average Bonchev–Trinajstić information content (AvgIpc) is 2.95. The van der Waals surface area contributed by atoms with E-state index in [2.05, 4.69) is 4.72 Å². The molecule has 0 bridgehead atoms. The van der Waals surface area contributed by atoms with E-state index < -0.39 is 16.0 Å². The van der Waals surface area contributed by atoms with Gasteiger partial charge in [-0.05, 0) is 37.1 Å². The number of benzene rings is 1. The smallest absolute Gasteiger partial charge is 0.346 e. The maximum absolute atomic E-state index is 12.2. The van der Waals surface area contributed by atoms with Crippen LogP contribution in [0.1, 0.15) is 21.7 Å². The number of nitrogens with one attached hydrogen (secondary N) is 1. The fourth-order valence-corrected chi connectivity index (χ4v) is 4.70. The highest BCUT2D eigenvalue weighted by molar-refractivity contribution is 7.91. The Morgan fingerprint density at radius 3 is 2.54 bits per heavy atom. The number of para-hydroxylation sites is 1. The Bertz CT molecular complexity index is 801. The monoisotopic (exact) mass is 368 g/mol. The first-order valence-electron chi connectivity index (χ1n) is 7.41. The van der Waals surface area contributed by atoms with Crippen molar-refractivity contribution < 1.29 is 18.3 Å². The van der Waals surface area contributed by atoms with Gasteiger partial charge in [-0.3, -0.25) is 0 Å². The predicted octanol–water partition coefficient (Wildman–Crippen LogP) is 2.56. The molecule has 2 aromatic rings. The summed E-state index contributed by atoms with van der Waals surface area (Å²) in [5, 5.41) is 9.02. The van der Waals surface area contributed by atoms with Crippen molar-refractivity contribution in [2.45, 2.75) is 17.6 Å². The molecule has 0 saturated heterocycles. The summed E-state index contributed by atoms with van der Waals surface area (Å²) in [6.45, 7) is 2.59. The minimum absolute atomic E-state index is 0.0359. The molecule has 1 aromatic heterocycles. The van der Waals surface area contributed by atoms with Crippen LogP contribution in [0.2, 0.25) is 0 Å². The molecule has 0 amide bonds. The van der Waals surface area contributed by atoms with Gasteiger partial charge in [-0.1, -0.05) is 18.2 Å². The number of rotatable bonds is 8. The number of thiophene rings is 1. The summed E-state index contributed by atoms with van der Waals surface area (Å²) < 4.78 is 27.0. The van der Waals surface area contributed by atoms with Crippen LogP contribution in [0.25, 0.3) is 0 Å². The molecule has 130 valence electrons. The topological polar surface area (TPSA) is 86.7 Å². The van der Waals surface area contributed by atoms with Crippen molar-refractivity contribution in [3.8, 4) is 0 Å². The van der Waals surface area contributed by atoms with Crippen LogP contribution < -0.4 is 9.62 Å². The summed E-state index contributed by atoms with van der Waals surface area (Å²) in [6.07, 6.45) is 0.640. The zero-order valence-corrected chi connectivity index (χ0v) is 15.2. The first-order chi connectivity index (χ1) is 11.3. The molecular formula is C16H20N2O4S2. The van der Waals surface area contributed by atoms with Crippen LogP contribution >= 0.6 is 11.3 Å². The summed E-state index contributed by atoms with van der Waals surface area (Å²) in [5.74, 6) is -1.11. The minimum Gasteiger partial charge on any atom is -0.477 e. The van der Waals surface area contributed by atoms with Gasteiger partial charge in [-0.2, -0.15) is 0 Å². The van der Waals surface area contributed by atoms with E-state index in [1.807, 2.05) is 42.3 Å². The van der Waals surface area contributed by atoms with E-state index in [-0.39, 0.29) is 9.09 Å². The molecule has 2 rings (SSSR count). The van der Waals surface area contributed by atoms with E-state index in [0.29, 0.717) is 25.1 Å². The van der Waals surface area contributed by atoms with Gasteiger partial charge in [0.25, 0.3) is 0 Å². The molecule has 24 heavy (non-hydrogen) atoms.